The van der Waals surface area contributed by atoms with Gasteiger partial charge in [0.2, 0.25) is 0 Å². The molecule has 0 unspecified atom stereocenters. The van der Waals surface area contributed by atoms with E-state index in [4.69, 9.17) is 0 Å². The van der Waals surface area contributed by atoms with E-state index in [0.717, 1.165) is 31.6 Å². The predicted octanol–water partition coefficient (Wildman–Crippen LogP) is 3.07. The number of hydrogen-bond acceptors (Lipinski definition) is 4. The summed E-state index contributed by atoms with van der Waals surface area (Å²) < 4.78 is 0. The summed E-state index contributed by atoms with van der Waals surface area (Å²) in [5.41, 5.74) is 2.99. The summed E-state index contributed by atoms with van der Waals surface area (Å²) >= 11 is 0. The first-order chi connectivity index (χ1) is 11.6. The number of carbonyl (C=O) groups is 1. The van der Waals surface area contributed by atoms with Crippen molar-refractivity contribution in [3.05, 3.63) is 35.7 Å². The van der Waals surface area contributed by atoms with Crippen LogP contribution in [0.5, 0.6) is 0 Å². The molecular formula is C19H30N4O. The Hall–Kier alpha value is -1.88. The lowest BCUT2D eigenvalue weighted by molar-refractivity contribution is 0.0947. The topological polar surface area (TPSA) is 57.3 Å². The Morgan fingerprint density at radius 3 is 2.92 bits per heavy atom. The lowest BCUT2D eigenvalue weighted by Gasteiger charge is -2.14. The van der Waals surface area contributed by atoms with Gasteiger partial charge in [-0.05, 0) is 71.3 Å². The van der Waals surface area contributed by atoms with Gasteiger partial charge in [0.15, 0.2) is 0 Å². The van der Waals surface area contributed by atoms with E-state index >= 15 is 0 Å². The van der Waals surface area contributed by atoms with Crippen molar-refractivity contribution in [2.45, 2.75) is 38.5 Å². The molecule has 2 N–H and O–H groups in total. The molecule has 0 radical (unpaired) electrons. The summed E-state index contributed by atoms with van der Waals surface area (Å²) in [7, 11) is 4.06. The van der Waals surface area contributed by atoms with Gasteiger partial charge in [0, 0.05) is 25.0 Å². The van der Waals surface area contributed by atoms with Crippen LogP contribution < -0.4 is 10.6 Å². The maximum atomic E-state index is 12.1. The molecule has 5 heteroatoms. The van der Waals surface area contributed by atoms with Gasteiger partial charge in [0.1, 0.15) is 5.69 Å². The number of pyridine rings is 1. The number of aromatic nitrogens is 1. The van der Waals surface area contributed by atoms with Gasteiger partial charge >= 0.3 is 0 Å². The molecule has 0 bridgehead atoms. The molecule has 0 fully saturated rings. The SMILES string of the molecule is CN(C)CCCNC(=O)c1cc(NCCC2=CCCCC2)ccn1. The Bertz CT molecular complexity index is 554. The van der Waals surface area contributed by atoms with Crippen molar-refractivity contribution in [1.29, 1.82) is 0 Å². The van der Waals surface area contributed by atoms with Crippen molar-refractivity contribution >= 4 is 11.6 Å². The van der Waals surface area contributed by atoms with Gasteiger partial charge < -0.3 is 15.5 Å². The number of nitrogens with one attached hydrogen (secondary N) is 2. The molecule has 1 aliphatic carbocycles. The second-order valence-electron chi connectivity index (χ2n) is 6.63. The fraction of sp³-hybridized carbons (Fsp3) is 0.579. The third-order valence-electron chi connectivity index (χ3n) is 4.22. The number of nitrogens with zero attached hydrogens (tertiary/aromatic N) is 2. The van der Waals surface area contributed by atoms with Gasteiger partial charge in [-0.3, -0.25) is 9.78 Å². The van der Waals surface area contributed by atoms with Crippen LogP contribution in [0.15, 0.2) is 30.0 Å². The molecule has 0 saturated heterocycles. The van der Waals surface area contributed by atoms with Crippen molar-refractivity contribution < 1.29 is 4.79 Å². The summed E-state index contributed by atoms with van der Waals surface area (Å²) in [6, 6.07) is 3.74. The van der Waals surface area contributed by atoms with Gasteiger partial charge in [-0.15, -0.1) is 0 Å². The quantitative estimate of drug-likeness (QED) is 0.540. The molecule has 0 aliphatic heterocycles. The van der Waals surface area contributed by atoms with Crippen LogP contribution in [-0.4, -0.2) is 49.5 Å². The molecule has 1 amide bonds. The third-order valence-corrected chi connectivity index (χ3v) is 4.22. The fourth-order valence-electron chi connectivity index (χ4n) is 2.85. The lowest BCUT2D eigenvalue weighted by Crippen LogP contribution is -2.27. The van der Waals surface area contributed by atoms with Crippen LogP contribution in [0.25, 0.3) is 0 Å². The van der Waals surface area contributed by atoms with Crippen LogP contribution in [0.4, 0.5) is 5.69 Å². The molecule has 0 aromatic carbocycles. The highest BCUT2D eigenvalue weighted by molar-refractivity contribution is 5.93. The summed E-state index contributed by atoms with van der Waals surface area (Å²) in [6.45, 7) is 2.54. The highest BCUT2D eigenvalue weighted by atomic mass is 16.1. The van der Waals surface area contributed by atoms with Crippen molar-refractivity contribution in [3.63, 3.8) is 0 Å². The molecule has 24 heavy (non-hydrogen) atoms. The number of hydrogen-bond donors (Lipinski definition) is 2. The molecule has 1 heterocycles. The Balaban J connectivity index is 1.75. The standard InChI is InChI=1S/C19H30N4O/c1-23(2)14-6-11-22-19(24)18-15-17(10-13-21-18)20-12-9-16-7-4-3-5-8-16/h7,10,13,15H,3-6,8-9,11-12,14H2,1-2H3,(H,20,21)(H,22,24). The van der Waals surface area contributed by atoms with Gasteiger partial charge in [-0.1, -0.05) is 11.6 Å². The normalized spacial score (nSPS) is 14.4. The fourth-order valence-corrected chi connectivity index (χ4v) is 2.85. The highest BCUT2D eigenvalue weighted by Crippen LogP contribution is 2.20. The van der Waals surface area contributed by atoms with Crippen molar-refractivity contribution in [3.8, 4) is 0 Å². The van der Waals surface area contributed by atoms with Gasteiger partial charge in [0.25, 0.3) is 5.91 Å². The average molecular weight is 330 g/mol. The molecule has 5 nitrogen and oxygen atoms in total. The zero-order valence-electron chi connectivity index (χ0n) is 15.0. The molecule has 132 valence electrons. The van der Waals surface area contributed by atoms with Crippen LogP contribution >= 0.6 is 0 Å². The minimum Gasteiger partial charge on any atom is -0.385 e. The number of anilines is 1. The second kappa shape index (κ2) is 10.1. The summed E-state index contributed by atoms with van der Waals surface area (Å²) in [5, 5.41) is 6.33. The van der Waals surface area contributed by atoms with E-state index in [1.165, 1.54) is 25.7 Å². The zero-order valence-corrected chi connectivity index (χ0v) is 15.0. The number of amides is 1. The second-order valence-corrected chi connectivity index (χ2v) is 6.63. The molecule has 1 aromatic heterocycles. The van der Waals surface area contributed by atoms with E-state index in [1.807, 2.05) is 26.2 Å². The van der Waals surface area contributed by atoms with Gasteiger partial charge in [-0.25, -0.2) is 0 Å². The van der Waals surface area contributed by atoms with Crippen molar-refractivity contribution in [2.24, 2.45) is 0 Å². The number of allylic oxidation sites excluding steroid dienone is 1. The molecule has 2 rings (SSSR count). The van der Waals surface area contributed by atoms with Crippen LogP contribution in [0.3, 0.4) is 0 Å². The van der Waals surface area contributed by atoms with Crippen LogP contribution in [0.2, 0.25) is 0 Å². The lowest BCUT2D eigenvalue weighted by atomic mass is 9.97. The summed E-state index contributed by atoms with van der Waals surface area (Å²) in [4.78, 5) is 18.4. The largest absolute Gasteiger partial charge is 0.385 e. The van der Waals surface area contributed by atoms with Gasteiger partial charge in [0.05, 0.1) is 0 Å². The molecular weight excluding hydrogens is 300 g/mol. The van der Waals surface area contributed by atoms with E-state index in [2.05, 4.69) is 26.6 Å². The van der Waals surface area contributed by atoms with Crippen LogP contribution in [0, 0.1) is 0 Å². The van der Waals surface area contributed by atoms with E-state index in [-0.39, 0.29) is 5.91 Å². The maximum absolute atomic E-state index is 12.1. The Labute approximate surface area is 145 Å². The van der Waals surface area contributed by atoms with Crippen LogP contribution in [-0.2, 0) is 0 Å². The Kier molecular flexibility index (Phi) is 7.75. The predicted molar refractivity (Wildman–Crippen MR) is 99.4 cm³/mol. The summed E-state index contributed by atoms with van der Waals surface area (Å²) in [5.74, 6) is -0.104. The van der Waals surface area contributed by atoms with Crippen LogP contribution in [0.1, 0.15) is 49.0 Å². The molecule has 0 saturated carbocycles. The first kappa shape index (κ1) is 18.5. The number of rotatable bonds is 9. The first-order valence-electron chi connectivity index (χ1n) is 8.96. The smallest absolute Gasteiger partial charge is 0.269 e. The van der Waals surface area contributed by atoms with Gasteiger partial charge in [-0.2, -0.15) is 0 Å². The zero-order chi connectivity index (χ0) is 17.2. The van der Waals surface area contributed by atoms with E-state index in [9.17, 15) is 4.79 Å². The maximum Gasteiger partial charge on any atom is 0.269 e. The molecule has 1 aliphatic rings. The summed E-state index contributed by atoms with van der Waals surface area (Å²) in [6.07, 6.45) is 11.2. The van der Waals surface area contributed by atoms with Crippen molar-refractivity contribution in [2.75, 3.05) is 39.0 Å². The van der Waals surface area contributed by atoms with E-state index < -0.39 is 0 Å². The minimum atomic E-state index is -0.104. The molecule has 0 spiro atoms. The van der Waals surface area contributed by atoms with Crippen molar-refractivity contribution in [1.82, 2.24) is 15.2 Å². The van der Waals surface area contributed by atoms with E-state index in [1.54, 1.807) is 11.8 Å². The minimum absolute atomic E-state index is 0.104. The first-order valence-corrected chi connectivity index (χ1v) is 8.96. The Morgan fingerprint density at radius 1 is 1.29 bits per heavy atom. The monoisotopic (exact) mass is 330 g/mol. The highest BCUT2D eigenvalue weighted by Gasteiger charge is 2.08. The molecule has 0 atom stereocenters. The average Bonchev–Trinajstić information content (AvgIpc) is 2.59. The van der Waals surface area contributed by atoms with E-state index in [0.29, 0.717) is 12.2 Å². The number of carbonyl (C=O) groups excluding carboxylic acids is 1. The third kappa shape index (κ3) is 6.71. The molecule has 1 aromatic rings. The Morgan fingerprint density at radius 2 is 2.17 bits per heavy atom.